The molecular weight excluding hydrogens is 337 g/mol. The van der Waals surface area contributed by atoms with Crippen molar-refractivity contribution in [1.82, 2.24) is 5.32 Å². The van der Waals surface area contributed by atoms with E-state index in [1.807, 2.05) is 20.8 Å². The lowest BCUT2D eigenvalue weighted by Gasteiger charge is -2.26. The van der Waals surface area contributed by atoms with E-state index in [2.05, 4.69) is 5.32 Å². The topological polar surface area (TPSA) is 64.6 Å². The van der Waals surface area contributed by atoms with Crippen LogP contribution in [0.5, 0.6) is 0 Å². The van der Waals surface area contributed by atoms with Crippen LogP contribution in [-0.4, -0.2) is 29.8 Å². The average molecular weight is 367 g/mol. The van der Waals surface area contributed by atoms with E-state index < -0.39 is 29.8 Å². The Balaban J connectivity index is 2.73. The molecule has 0 bridgehead atoms. The van der Waals surface area contributed by atoms with Crippen LogP contribution in [0, 0.1) is 19.7 Å². The number of carbonyl (C=O) groups is 2. The third kappa shape index (κ3) is 6.32. The highest BCUT2D eigenvalue weighted by molar-refractivity contribution is 5.81. The summed E-state index contributed by atoms with van der Waals surface area (Å²) in [5, 5.41) is 2.47. The largest absolute Gasteiger partial charge is 0.461 e. The minimum atomic E-state index is -0.838. The Morgan fingerprint density at radius 3 is 2.04 bits per heavy atom. The summed E-state index contributed by atoms with van der Waals surface area (Å²) in [6.45, 7) is 14.2. The molecule has 0 aromatic heterocycles. The molecule has 1 aromatic carbocycles. The molecule has 1 aromatic rings. The van der Waals surface area contributed by atoms with Gasteiger partial charge in [0, 0.05) is 5.92 Å². The molecule has 0 radical (unpaired) electrons. The van der Waals surface area contributed by atoms with Gasteiger partial charge in [0.25, 0.3) is 0 Å². The smallest absolute Gasteiger partial charge is 0.408 e. The molecule has 0 unspecified atom stereocenters. The molecule has 1 rings (SSSR count). The van der Waals surface area contributed by atoms with Crippen LogP contribution in [0.3, 0.4) is 0 Å². The van der Waals surface area contributed by atoms with E-state index in [4.69, 9.17) is 9.47 Å². The highest BCUT2D eigenvalue weighted by Gasteiger charge is 2.26. The summed E-state index contributed by atoms with van der Waals surface area (Å²) in [5.41, 5.74) is 1.95. The summed E-state index contributed by atoms with van der Waals surface area (Å²) in [7, 11) is 0. The lowest BCUT2D eigenvalue weighted by Crippen LogP contribution is -2.43. The van der Waals surface area contributed by atoms with Gasteiger partial charge in [-0.3, -0.25) is 0 Å². The molecule has 0 saturated carbocycles. The highest BCUT2D eigenvalue weighted by atomic mass is 19.1. The number of alkyl carbamates (subject to hydrolysis) is 1. The average Bonchev–Trinajstić information content (AvgIpc) is 2.43. The fraction of sp³-hybridized carbons (Fsp3) is 0.600. The molecular formula is C20H30FNO4. The van der Waals surface area contributed by atoms with Crippen molar-refractivity contribution in [2.45, 2.75) is 79.1 Å². The van der Waals surface area contributed by atoms with E-state index in [1.54, 1.807) is 27.7 Å². The zero-order chi connectivity index (χ0) is 20.2. The monoisotopic (exact) mass is 367 g/mol. The number of carbonyl (C=O) groups excluding carboxylic acids is 2. The van der Waals surface area contributed by atoms with E-state index >= 15 is 0 Å². The fourth-order valence-corrected chi connectivity index (χ4v) is 2.81. The van der Waals surface area contributed by atoms with Gasteiger partial charge in [-0.2, -0.15) is 0 Å². The molecule has 0 saturated heterocycles. The Labute approximate surface area is 155 Å². The van der Waals surface area contributed by atoms with Crippen LogP contribution in [0.1, 0.15) is 64.2 Å². The van der Waals surface area contributed by atoms with Crippen molar-refractivity contribution in [3.05, 3.63) is 34.6 Å². The normalized spacial score (nSPS) is 15.0. The van der Waals surface area contributed by atoms with Gasteiger partial charge in [0.2, 0.25) is 0 Å². The minimum Gasteiger partial charge on any atom is -0.461 e. The second kappa shape index (κ2) is 8.52. The molecule has 0 spiro atoms. The van der Waals surface area contributed by atoms with Gasteiger partial charge in [-0.05, 0) is 77.3 Å². The van der Waals surface area contributed by atoms with Gasteiger partial charge in [-0.25, -0.2) is 14.0 Å². The fourth-order valence-electron chi connectivity index (χ4n) is 2.81. The van der Waals surface area contributed by atoms with Gasteiger partial charge in [0.1, 0.15) is 23.6 Å². The predicted octanol–water partition coefficient (Wildman–Crippen LogP) is 4.39. The molecule has 6 heteroatoms. The molecule has 0 fully saturated rings. The first-order chi connectivity index (χ1) is 11.8. The van der Waals surface area contributed by atoms with Crippen LogP contribution in [-0.2, 0) is 14.3 Å². The second-order valence-electron chi connectivity index (χ2n) is 7.75. The summed E-state index contributed by atoms with van der Waals surface area (Å²) in [6, 6.07) is 2.11. The number of benzene rings is 1. The van der Waals surface area contributed by atoms with E-state index in [9.17, 15) is 14.0 Å². The Bertz CT molecular complexity index is 643. The van der Waals surface area contributed by atoms with Crippen molar-refractivity contribution in [3.8, 4) is 0 Å². The zero-order valence-corrected chi connectivity index (χ0v) is 16.9. The first-order valence-corrected chi connectivity index (χ1v) is 8.78. The summed E-state index contributed by atoms with van der Waals surface area (Å²) >= 11 is 0. The number of nitrogens with one attached hydrogen (secondary N) is 1. The van der Waals surface area contributed by atoms with E-state index in [0.717, 1.165) is 16.7 Å². The second-order valence-corrected chi connectivity index (χ2v) is 7.75. The van der Waals surface area contributed by atoms with Gasteiger partial charge in [0.05, 0.1) is 0 Å². The number of amides is 1. The standard InChI is InChI=1S/C20H30FNO4/c1-11-9-16(21)10-12(2)17(11)13(3)15(5)25-18(23)14(4)22-19(24)26-20(6,7)8/h9-10,13-15H,1-8H3,(H,22,24)/t13-,14-,15+/m0/s1. The molecule has 26 heavy (non-hydrogen) atoms. The molecule has 0 aliphatic carbocycles. The van der Waals surface area contributed by atoms with Crippen molar-refractivity contribution >= 4 is 12.1 Å². The lowest BCUT2D eigenvalue weighted by molar-refractivity contribution is -0.151. The van der Waals surface area contributed by atoms with Crippen LogP contribution in [0.4, 0.5) is 9.18 Å². The van der Waals surface area contributed by atoms with Crippen LogP contribution >= 0.6 is 0 Å². The molecule has 3 atom stereocenters. The number of hydrogen-bond donors (Lipinski definition) is 1. The van der Waals surface area contributed by atoms with Crippen LogP contribution in [0.15, 0.2) is 12.1 Å². The number of esters is 1. The van der Waals surface area contributed by atoms with Gasteiger partial charge >= 0.3 is 12.1 Å². The van der Waals surface area contributed by atoms with Crippen LogP contribution < -0.4 is 5.32 Å². The molecule has 5 nitrogen and oxygen atoms in total. The Morgan fingerprint density at radius 2 is 1.58 bits per heavy atom. The first-order valence-electron chi connectivity index (χ1n) is 8.78. The molecule has 1 N–H and O–H groups in total. The highest BCUT2D eigenvalue weighted by Crippen LogP contribution is 2.28. The maximum absolute atomic E-state index is 13.5. The van der Waals surface area contributed by atoms with Gasteiger partial charge in [-0.1, -0.05) is 6.92 Å². The van der Waals surface area contributed by atoms with E-state index in [-0.39, 0.29) is 11.7 Å². The molecule has 0 aliphatic heterocycles. The summed E-state index contributed by atoms with van der Waals surface area (Å²) in [5.74, 6) is -0.948. The summed E-state index contributed by atoms with van der Waals surface area (Å²) < 4.78 is 24.1. The van der Waals surface area contributed by atoms with Crippen molar-refractivity contribution in [3.63, 3.8) is 0 Å². The third-order valence-corrected chi connectivity index (χ3v) is 4.11. The maximum atomic E-state index is 13.5. The van der Waals surface area contributed by atoms with Gasteiger partial charge in [-0.15, -0.1) is 0 Å². The molecule has 1 amide bonds. The molecule has 146 valence electrons. The Hall–Kier alpha value is -2.11. The number of hydrogen-bond acceptors (Lipinski definition) is 4. The predicted molar refractivity (Wildman–Crippen MR) is 98.7 cm³/mol. The molecule has 0 heterocycles. The van der Waals surface area contributed by atoms with Crippen molar-refractivity contribution in [1.29, 1.82) is 0 Å². The van der Waals surface area contributed by atoms with Gasteiger partial charge < -0.3 is 14.8 Å². The number of aryl methyl sites for hydroxylation is 2. The Kier molecular flexibility index (Phi) is 7.18. The van der Waals surface area contributed by atoms with Gasteiger partial charge in [0.15, 0.2) is 0 Å². The van der Waals surface area contributed by atoms with Crippen molar-refractivity contribution in [2.24, 2.45) is 0 Å². The number of ether oxygens (including phenoxy) is 2. The molecule has 0 aliphatic rings. The third-order valence-electron chi connectivity index (χ3n) is 4.11. The summed E-state index contributed by atoms with van der Waals surface area (Å²) in [6.07, 6.45) is -1.11. The van der Waals surface area contributed by atoms with Crippen LogP contribution in [0.25, 0.3) is 0 Å². The van der Waals surface area contributed by atoms with Crippen molar-refractivity contribution < 1.29 is 23.5 Å². The van der Waals surface area contributed by atoms with Crippen molar-refractivity contribution in [2.75, 3.05) is 0 Å². The maximum Gasteiger partial charge on any atom is 0.408 e. The van der Waals surface area contributed by atoms with E-state index in [0.29, 0.717) is 0 Å². The quantitative estimate of drug-likeness (QED) is 0.784. The zero-order valence-electron chi connectivity index (χ0n) is 16.9. The Morgan fingerprint density at radius 1 is 1.08 bits per heavy atom. The van der Waals surface area contributed by atoms with Crippen LogP contribution in [0.2, 0.25) is 0 Å². The minimum absolute atomic E-state index is 0.117. The number of halogens is 1. The number of rotatable bonds is 5. The lowest BCUT2D eigenvalue weighted by atomic mass is 9.88. The SMILES string of the molecule is Cc1cc(F)cc(C)c1[C@@H](C)[C@@H](C)OC(=O)[C@H](C)NC(=O)OC(C)(C)C. The summed E-state index contributed by atoms with van der Waals surface area (Å²) in [4.78, 5) is 24.0. The first kappa shape index (κ1) is 21.9. The van der Waals surface area contributed by atoms with E-state index in [1.165, 1.54) is 19.1 Å².